The lowest BCUT2D eigenvalue weighted by atomic mass is 10.1. The molecule has 1 aromatic heterocycles. The summed E-state index contributed by atoms with van der Waals surface area (Å²) in [7, 11) is 3.46. The van der Waals surface area contributed by atoms with E-state index in [4.69, 9.17) is 5.73 Å². The maximum atomic E-state index is 12.2. The molecule has 0 aliphatic heterocycles. The lowest BCUT2D eigenvalue weighted by molar-refractivity contribution is 0.0828. The second-order valence-electron chi connectivity index (χ2n) is 5.28. The molecule has 0 radical (unpaired) electrons. The second kappa shape index (κ2) is 6.30. The van der Waals surface area contributed by atoms with Crippen LogP contribution in [0.15, 0.2) is 36.7 Å². The number of carbonyl (C=O) groups is 1. The lowest BCUT2D eigenvalue weighted by Crippen LogP contribution is -2.26. The van der Waals surface area contributed by atoms with Crippen molar-refractivity contribution < 1.29 is 4.79 Å². The molecule has 0 aliphatic carbocycles. The van der Waals surface area contributed by atoms with Crippen LogP contribution in [0.1, 0.15) is 17.3 Å². The second-order valence-corrected chi connectivity index (χ2v) is 5.28. The number of aromatic nitrogens is 2. The smallest absolute Gasteiger partial charge is 0.255 e. The monoisotopic (exact) mass is 287 g/mol. The fourth-order valence-corrected chi connectivity index (χ4v) is 2.11. The first kappa shape index (κ1) is 14.9. The first-order valence-electron chi connectivity index (χ1n) is 6.82. The number of hydrogen-bond acceptors (Lipinski definition) is 4. The Morgan fingerprint density at radius 3 is 2.86 bits per heavy atom. The van der Waals surface area contributed by atoms with Crippen LogP contribution in [-0.2, 0) is 6.54 Å². The van der Waals surface area contributed by atoms with Gasteiger partial charge < -0.3 is 16.0 Å². The Bertz CT molecular complexity index is 607. The van der Waals surface area contributed by atoms with Crippen molar-refractivity contribution >= 4 is 17.3 Å². The van der Waals surface area contributed by atoms with Gasteiger partial charge in [0, 0.05) is 43.9 Å². The van der Waals surface area contributed by atoms with E-state index in [2.05, 4.69) is 10.4 Å². The van der Waals surface area contributed by atoms with Gasteiger partial charge in [0.25, 0.3) is 5.91 Å². The van der Waals surface area contributed by atoms with Crippen molar-refractivity contribution in [1.82, 2.24) is 14.7 Å². The zero-order valence-electron chi connectivity index (χ0n) is 12.6. The van der Waals surface area contributed by atoms with E-state index in [0.717, 1.165) is 5.69 Å². The van der Waals surface area contributed by atoms with Crippen molar-refractivity contribution in [3.05, 3.63) is 42.2 Å². The fourth-order valence-electron chi connectivity index (χ4n) is 2.11. The minimum Gasteiger partial charge on any atom is -0.399 e. The molecule has 1 atom stereocenters. The zero-order chi connectivity index (χ0) is 15.4. The van der Waals surface area contributed by atoms with Crippen LogP contribution in [0.3, 0.4) is 0 Å². The number of nitrogen functional groups attached to an aromatic ring is 1. The summed E-state index contributed by atoms with van der Waals surface area (Å²) >= 11 is 0. The highest BCUT2D eigenvalue weighted by Gasteiger charge is 2.15. The quantitative estimate of drug-likeness (QED) is 0.820. The van der Waals surface area contributed by atoms with Gasteiger partial charge in [-0.15, -0.1) is 0 Å². The first-order valence-corrected chi connectivity index (χ1v) is 6.82. The van der Waals surface area contributed by atoms with E-state index in [1.807, 2.05) is 23.9 Å². The summed E-state index contributed by atoms with van der Waals surface area (Å²) < 4.78 is 1.84. The van der Waals surface area contributed by atoms with Gasteiger partial charge in [0.2, 0.25) is 0 Å². The summed E-state index contributed by atoms with van der Waals surface area (Å²) in [6.07, 6.45) is 3.65. The number of nitrogens with two attached hydrogens (primary N) is 1. The average Bonchev–Trinajstić information content (AvgIpc) is 2.90. The number of rotatable bonds is 5. The molecule has 112 valence electrons. The molecule has 0 fully saturated rings. The van der Waals surface area contributed by atoms with Gasteiger partial charge in [0.05, 0.1) is 12.1 Å². The standard InChI is InChI=1S/C15H21N5O/c1-11(10-20-8-4-7-17-20)18-14-9-12(16)5-6-13(14)15(21)19(2)3/h4-9,11,18H,10,16H2,1-3H3. The largest absolute Gasteiger partial charge is 0.399 e. The highest BCUT2D eigenvalue weighted by atomic mass is 16.2. The summed E-state index contributed by atoms with van der Waals surface area (Å²) in [4.78, 5) is 13.8. The van der Waals surface area contributed by atoms with E-state index in [1.54, 1.807) is 43.4 Å². The van der Waals surface area contributed by atoms with Gasteiger partial charge in [-0.1, -0.05) is 0 Å². The maximum Gasteiger partial charge on any atom is 0.255 e. The Balaban J connectivity index is 2.18. The molecular weight excluding hydrogens is 266 g/mol. The van der Waals surface area contributed by atoms with E-state index in [9.17, 15) is 4.79 Å². The Hall–Kier alpha value is -2.50. The molecule has 6 heteroatoms. The number of hydrogen-bond donors (Lipinski definition) is 2. The number of nitrogens with one attached hydrogen (secondary N) is 1. The Morgan fingerprint density at radius 1 is 1.48 bits per heavy atom. The van der Waals surface area contributed by atoms with Gasteiger partial charge in [-0.3, -0.25) is 9.48 Å². The van der Waals surface area contributed by atoms with Crippen molar-refractivity contribution in [1.29, 1.82) is 0 Å². The molecular formula is C15H21N5O. The van der Waals surface area contributed by atoms with Crippen LogP contribution in [0, 0.1) is 0 Å². The highest BCUT2D eigenvalue weighted by molar-refractivity contribution is 6.00. The summed E-state index contributed by atoms with van der Waals surface area (Å²) in [5.41, 5.74) is 7.81. The summed E-state index contributed by atoms with van der Waals surface area (Å²) in [6.45, 7) is 2.74. The van der Waals surface area contributed by atoms with Crippen molar-refractivity contribution in [3.63, 3.8) is 0 Å². The molecule has 6 nitrogen and oxygen atoms in total. The molecule has 2 aromatic rings. The lowest BCUT2D eigenvalue weighted by Gasteiger charge is -2.20. The molecule has 2 rings (SSSR count). The van der Waals surface area contributed by atoms with Crippen molar-refractivity contribution in [2.75, 3.05) is 25.1 Å². The van der Waals surface area contributed by atoms with E-state index < -0.39 is 0 Å². The molecule has 0 saturated heterocycles. The van der Waals surface area contributed by atoms with Crippen LogP contribution in [0.4, 0.5) is 11.4 Å². The molecule has 3 N–H and O–H groups in total. The number of anilines is 2. The van der Waals surface area contributed by atoms with Crippen LogP contribution in [0.5, 0.6) is 0 Å². The minimum atomic E-state index is -0.0520. The van der Waals surface area contributed by atoms with Gasteiger partial charge in [-0.25, -0.2) is 0 Å². The summed E-state index contributed by atoms with van der Waals surface area (Å²) in [5, 5.41) is 7.52. The molecule has 1 aromatic carbocycles. The number of amides is 1. The molecule has 0 saturated carbocycles. The topological polar surface area (TPSA) is 76.2 Å². The van der Waals surface area contributed by atoms with Crippen LogP contribution >= 0.6 is 0 Å². The van der Waals surface area contributed by atoms with Crippen LogP contribution in [0.25, 0.3) is 0 Å². The zero-order valence-corrected chi connectivity index (χ0v) is 12.6. The van der Waals surface area contributed by atoms with Crippen LogP contribution in [-0.4, -0.2) is 40.7 Å². The summed E-state index contributed by atoms with van der Waals surface area (Å²) in [6, 6.07) is 7.27. The normalized spacial score (nSPS) is 12.0. The number of benzene rings is 1. The van der Waals surface area contributed by atoms with Gasteiger partial charge >= 0.3 is 0 Å². The van der Waals surface area contributed by atoms with Gasteiger partial charge in [-0.2, -0.15) is 5.10 Å². The van der Waals surface area contributed by atoms with Crippen LogP contribution in [0.2, 0.25) is 0 Å². The Morgan fingerprint density at radius 2 is 2.24 bits per heavy atom. The van der Waals surface area contributed by atoms with Gasteiger partial charge in [-0.05, 0) is 31.2 Å². The predicted octanol–water partition coefficient (Wildman–Crippen LogP) is 1.67. The predicted molar refractivity (Wildman–Crippen MR) is 84.2 cm³/mol. The van der Waals surface area contributed by atoms with Gasteiger partial charge in [0.15, 0.2) is 0 Å². The molecule has 1 heterocycles. The van der Waals surface area contributed by atoms with E-state index in [-0.39, 0.29) is 11.9 Å². The van der Waals surface area contributed by atoms with E-state index >= 15 is 0 Å². The maximum absolute atomic E-state index is 12.2. The third-order valence-electron chi connectivity index (χ3n) is 3.10. The fraction of sp³-hybridized carbons (Fsp3) is 0.333. The minimum absolute atomic E-state index is 0.0520. The average molecular weight is 287 g/mol. The third-order valence-corrected chi connectivity index (χ3v) is 3.10. The SMILES string of the molecule is CC(Cn1cccn1)Nc1cc(N)ccc1C(=O)N(C)C. The molecule has 0 spiro atoms. The third kappa shape index (κ3) is 3.75. The first-order chi connectivity index (χ1) is 9.97. The molecule has 0 aliphatic rings. The molecule has 1 amide bonds. The van der Waals surface area contributed by atoms with Crippen molar-refractivity contribution in [3.8, 4) is 0 Å². The van der Waals surface area contributed by atoms with E-state index in [1.165, 1.54) is 0 Å². The molecule has 0 bridgehead atoms. The number of carbonyl (C=O) groups excluding carboxylic acids is 1. The van der Waals surface area contributed by atoms with Crippen molar-refractivity contribution in [2.45, 2.75) is 19.5 Å². The van der Waals surface area contributed by atoms with Crippen molar-refractivity contribution in [2.24, 2.45) is 0 Å². The van der Waals surface area contributed by atoms with E-state index in [0.29, 0.717) is 17.8 Å². The number of nitrogens with zero attached hydrogens (tertiary/aromatic N) is 3. The van der Waals surface area contributed by atoms with Gasteiger partial charge in [0.1, 0.15) is 0 Å². The summed E-state index contributed by atoms with van der Waals surface area (Å²) in [5.74, 6) is -0.0520. The highest BCUT2D eigenvalue weighted by Crippen LogP contribution is 2.21. The Labute approximate surface area is 124 Å². The van der Waals surface area contributed by atoms with Crippen LogP contribution < -0.4 is 11.1 Å². The molecule has 1 unspecified atom stereocenters. The Kier molecular flexibility index (Phi) is 4.47. The molecule has 21 heavy (non-hydrogen) atoms.